The molecule has 0 radical (unpaired) electrons. The number of benzene rings is 1. The van der Waals surface area contributed by atoms with Gasteiger partial charge in [0.15, 0.2) is 0 Å². The minimum absolute atomic E-state index is 0.206. The van der Waals surface area contributed by atoms with Crippen LogP contribution in [0.25, 0.3) is 0 Å². The van der Waals surface area contributed by atoms with Crippen molar-refractivity contribution in [2.45, 2.75) is 45.7 Å². The fraction of sp³-hybridized carbons (Fsp3) is 0.538. The molecule has 0 amide bonds. The summed E-state index contributed by atoms with van der Waals surface area (Å²) in [5.41, 5.74) is 15.8. The molecule has 1 aromatic rings. The first-order valence-corrected chi connectivity index (χ1v) is 5.59. The second kappa shape index (κ2) is 5.29. The maximum absolute atomic E-state index is 5.86. The summed E-state index contributed by atoms with van der Waals surface area (Å²) in [4.78, 5) is 0. The van der Waals surface area contributed by atoms with E-state index in [4.69, 9.17) is 11.5 Å². The van der Waals surface area contributed by atoms with Gasteiger partial charge >= 0.3 is 0 Å². The molecule has 0 saturated heterocycles. The molecule has 2 heteroatoms. The topological polar surface area (TPSA) is 52.0 Å². The van der Waals surface area contributed by atoms with Crippen LogP contribution in [-0.4, -0.2) is 12.1 Å². The van der Waals surface area contributed by atoms with Crippen molar-refractivity contribution >= 4 is 0 Å². The Labute approximate surface area is 92.7 Å². The van der Waals surface area contributed by atoms with E-state index in [1.54, 1.807) is 0 Å². The molecule has 84 valence electrons. The Bertz CT molecular complexity index is 316. The van der Waals surface area contributed by atoms with E-state index in [0.29, 0.717) is 0 Å². The number of rotatable bonds is 4. The number of nitrogens with two attached hydrogens (primary N) is 2. The summed E-state index contributed by atoms with van der Waals surface area (Å²) in [7, 11) is 0. The minimum Gasteiger partial charge on any atom is -0.328 e. The summed E-state index contributed by atoms with van der Waals surface area (Å²) in [6.45, 7) is 6.22. The zero-order valence-corrected chi connectivity index (χ0v) is 9.96. The van der Waals surface area contributed by atoms with E-state index in [1.807, 2.05) is 13.8 Å². The Balaban J connectivity index is 2.97. The van der Waals surface area contributed by atoms with Gasteiger partial charge in [-0.3, -0.25) is 0 Å². The summed E-state index contributed by atoms with van der Waals surface area (Å²) in [6, 6.07) is 6.81. The predicted molar refractivity (Wildman–Crippen MR) is 65.9 cm³/mol. The first-order valence-electron chi connectivity index (χ1n) is 5.59. The lowest BCUT2D eigenvalue weighted by atomic mass is 9.93. The highest BCUT2D eigenvalue weighted by atomic mass is 14.6. The molecule has 2 atom stereocenters. The van der Waals surface area contributed by atoms with Crippen molar-refractivity contribution in [3.63, 3.8) is 0 Å². The highest BCUT2D eigenvalue weighted by Crippen LogP contribution is 2.17. The van der Waals surface area contributed by atoms with E-state index in [9.17, 15) is 0 Å². The summed E-state index contributed by atoms with van der Waals surface area (Å²) in [5, 5.41) is 0. The van der Waals surface area contributed by atoms with Crippen LogP contribution in [0.15, 0.2) is 18.2 Å². The fourth-order valence-corrected chi connectivity index (χ4v) is 1.92. The van der Waals surface area contributed by atoms with Gasteiger partial charge in [0.1, 0.15) is 0 Å². The predicted octanol–water partition coefficient (Wildman–Crippen LogP) is 1.77. The summed E-state index contributed by atoms with van der Waals surface area (Å²) >= 11 is 0. The second-order valence-electron chi connectivity index (χ2n) is 4.58. The Morgan fingerprint density at radius 3 is 2.20 bits per heavy atom. The van der Waals surface area contributed by atoms with Crippen molar-refractivity contribution in [3.05, 3.63) is 34.9 Å². The first-order chi connectivity index (χ1) is 7.00. The van der Waals surface area contributed by atoms with Gasteiger partial charge < -0.3 is 11.5 Å². The van der Waals surface area contributed by atoms with Gasteiger partial charge in [0, 0.05) is 12.1 Å². The second-order valence-corrected chi connectivity index (χ2v) is 4.58. The molecule has 15 heavy (non-hydrogen) atoms. The van der Waals surface area contributed by atoms with Gasteiger partial charge in [-0.15, -0.1) is 0 Å². The Hall–Kier alpha value is -0.860. The van der Waals surface area contributed by atoms with Crippen molar-refractivity contribution in [2.75, 3.05) is 0 Å². The van der Waals surface area contributed by atoms with Crippen molar-refractivity contribution in [1.29, 1.82) is 0 Å². The van der Waals surface area contributed by atoms with Crippen LogP contribution in [0, 0.1) is 6.92 Å². The third-order valence-corrected chi connectivity index (χ3v) is 2.58. The van der Waals surface area contributed by atoms with Gasteiger partial charge in [0.05, 0.1) is 0 Å². The fourth-order valence-electron chi connectivity index (χ4n) is 1.92. The summed E-state index contributed by atoms with van der Waals surface area (Å²) in [5.74, 6) is 0. The lowest BCUT2D eigenvalue weighted by molar-refractivity contribution is 0.699. The van der Waals surface area contributed by atoms with Gasteiger partial charge in [0.2, 0.25) is 0 Å². The summed E-state index contributed by atoms with van der Waals surface area (Å²) in [6.07, 6.45) is 1.87. The average Bonchev–Trinajstić information content (AvgIpc) is 2.09. The van der Waals surface area contributed by atoms with Crippen LogP contribution in [0.3, 0.4) is 0 Å². The van der Waals surface area contributed by atoms with Crippen LogP contribution in [-0.2, 0) is 12.8 Å². The summed E-state index contributed by atoms with van der Waals surface area (Å²) < 4.78 is 0. The quantitative estimate of drug-likeness (QED) is 0.789. The Morgan fingerprint density at radius 2 is 1.67 bits per heavy atom. The molecule has 2 unspecified atom stereocenters. The molecule has 0 heterocycles. The average molecular weight is 206 g/mol. The van der Waals surface area contributed by atoms with Gasteiger partial charge in [-0.25, -0.2) is 0 Å². The molecule has 0 bridgehead atoms. The van der Waals surface area contributed by atoms with Crippen LogP contribution in [0.4, 0.5) is 0 Å². The van der Waals surface area contributed by atoms with Crippen molar-refractivity contribution in [3.8, 4) is 0 Å². The molecule has 0 aliphatic carbocycles. The largest absolute Gasteiger partial charge is 0.328 e. The first kappa shape index (κ1) is 12.2. The third kappa shape index (κ3) is 3.65. The molecule has 0 spiro atoms. The van der Waals surface area contributed by atoms with Crippen LogP contribution in [0.1, 0.15) is 30.5 Å². The highest BCUT2D eigenvalue weighted by molar-refractivity contribution is 5.35. The van der Waals surface area contributed by atoms with Gasteiger partial charge in [-0.2, -0.15) is 0 Å². The lowest BCUT2D eigenvalue weighted by Crippen LogP contribution is -2.22. The maximum Gasteiger partial charge on any atom is 0.00511 e. The normalized spacial score (nSPS) is 15.0. The molecule has 0 aromatic heterocycles. The van der Waals surface area contributed by atoms with Crippen molar-refractivity contribution in [2.24, 2.45) is 11.5 Å². The zero-order valence-electron chi connectivity index (χ0n) is 9.96. The van der Waals surface area contributed by atoms with E-state index in [-0.39, 0.29) is 12.1 Å². The molecule has 0 fully saturated rings. The van der Waals surface area contributed by atoms with Gasteiger partial charge in [0.25, 0.3) is 0 Å². The maximum atomic E-state index is 5.86. The standard InChI is InChI=1S/C13H22N2/c1-9-5-4-6-12(7-10(2)14)13(9)8-11(3)15/h4-6,10-11H,7-8,14-15H2,1-3H3. The van der Waals surface area contributed by atoms with Crippen LogP contribution >= 0.6 is 0 Å². The molecular weight excluding hydrogens is 184 g/mol. The Morgan fingerprint density at radius 1 is 1.07 bits per heavy atom. The minimum atomic E-state index is 0.206. The molecule has 1 aromatic carbocycles. The molecule has 0 saturated carbocycles. The van der Waals surface area contributed by atoms with E-state index >= 15 is 0 Å². The van der Waals surface area contributed by atoms with Crippen molar-refractivity contribution < 1.29 is 0 Å². The van der Waals surface area contributed by atoms with E-state index in [1.165, 1.54) is 16.7 Å². The van der Waals surface area contributed by atoms with E-state index in [2.05, 4.69) is 25.1 Å². The van der Waals surface area contributed by atoms with Gasteiger partial charge in [-0.1, -0.05) is 18.2 Å². The molecule has 0 aliphatic rings. The van der Waals surface area contributed by atoms with Crippen LogP contribution < -0.4 is 11.5 Å². The third-order valence-electron chi connectivity index (χ3n) is 2.58. The van der Waals surface area contributed by atoms with Crippen molar-refractivity contribution in [1.82, 2.24) is 0 Å². The number of hydrogen-bond acceptors (Lipinski definition) is 2. The lowest BCUT2D eigenvalue weighted by Gasteiger charge is -2.16. The monoisotopic (exact) mass is 206 g/mol. The molecule has 0 aliphatic heterocycles. The van der Waals surface area contributed by atoms with Crippen LogP contribution in [0.2, 0.25) is 0 Å². The smallest absolute Gasteiger partial charge is 0.00511 e. The SMILES string of the molecule is Cc1cccc(CC(C)N)c1CC(C)N. The van der Waals surface area contributed by atoms with Gasteiger partial charge in [-0.05, 0) is 50.3 Å². The number of hydrogen-bond donors (Lipinski definition) is 2. The van der Waals surface area contributed by atoms with Crippen LogP contribution in [0.5, 0.6) is 0 Å². The molecule has 2 nitrogen and oxygen atoms in total. The Kier molecular flexibility index (Phi) is 4.30. The van der Waals surface area contributed by atoms with E-state index in [0.717, 1.165) is 12.8 Å². The number of aryl methyl sites for hydroxylation is 1. The molecular formula is C13H22N2. The molecule has 4 N–H and O–H groups in total. The highest BCUT2D eigenvalue weighted by Gasteiger charge is 2.08. The van der Waals surface area contributed by atoms with E-state index < -0.39 is 0 Å². The zero-order chi connectivity index (χ0) is 11.4. The molecule has 1 rings (SSSR count).